The Bertz CT molecular complexity index is 453. The van der Waals surface area contributed by atoms with Crippen LogP contribution >= 0.6 is 0 Å². The van der Waals surface area contributed by atoms with Crippen molar-refractivity contribution in [3.05, 3.63) is 0 Å². The van der Waals surface area contributed by atoms with E-state index in [1.165, 1.54) is 38.8 Å². The lowest BCUT2D eigenvalue weighted by atomic mass is 10.0. The highest BCUT2D eigenvalue weighted by Gasteiger charge is 2.32. The molecule has 3 aliphatic heterocycles. The van der Waals surface area contributed by atoms with Gasteiger partial charge in [0.1, 0.15) is 6.10 Å². The van der Waals surface area contributed by atoms with E-state index in [1.807, 2.05) is 0 Å². The van der Waals surface area contributed by atoms with Gasteiger partial charge in [0, 0.05) is 38.8 Å². The molecule has 0 aromatic heterocycles. The normalized spacial score (nSPS) is 30.7. The van der Waals surface area contributed by atoms with Crippen LogP contribution in [-0.4, -0.2) is 86.5 Å². The summed E-state index contributed by atoms with van der Waals surface area (Å²) in [6.45, 7) is 12.3. The smallest absolute Gasteiger partial charge is 0.194 e. The van der Waals surface area contributed by atoms with Gasteiger partial charge < -0.3 is 24.6 Å². The van der Waals surface area contributed by atoms with Gasteiger partial charge in [0.25, 0.3) is 0 Å². The number of rotatable bonds is 7. The molecule has 0 aliphatic carbocycles. The molecule has 6 heteroatoms. The average Bonchev–Trinajstić information content (AvgIpc) is 3.23. The van der Waals surface area contributed by atoms with Crippen molar-refractivity contribution in [1.82, 2.24) is 15.1 Å². The molecule has 3 saturated heterocycles. The highest BCUT2D eigenvalue weighted by atomic mass is 16.5. The number of aliphatic imine (C=N–C) groups is 1. The van der Waals surface area contributed by atoms with Crippen molar-refractivity contribution in [2.24, 2.45) is 4.99 Å². The number of nitrogens with one attached hydrogen (secondary N) is 1. The Morgan fingerprint density at radius 3 is 2.70 bits per heavy atom. The van der Waals surface area contributed by atoms with Crippen LogP contribution in [0.5, 0.6) is 0 Å². The molecular weight excluding hydrogens is 340 g/mol. The fraction of sp³-hybridized carbons (Fsp3) is 0.952. The van der Waals surface area contributed by atoms with E-state index in [-0.39, 0.29) is 12.2 Å². The second kappa shape index (κ2) is 11.2. The molecule has 3 atom stereocenters. The maximum absolute atomic E-state index is 5.99. The number of hydrogen-bond acceptors (Lipinski definition) is 4. The summed E-state index contributed by atoms with van der Waals surface area (Å²) in [5, 5.41) is 3.48. The van der Waals surface area contributed by atoms with Crippen molar-refractivity contribution in [2.75, 3.05) is 52.5 Å². The summed E-state index contributed by atoms with van der Waals surface area (Å²) in [5.41, 5.74) is 0. The van der Waals surface area contributed by atoms with Crippen molar-refractivity contribution in [3.63, 3.8) is 0 Å². The van der Waals surface area contributed by atoms with Gasteiger partial charge in [-0.05, 0) is 65.5 Å². The van der Waals surface area contributed by atoms with Crippen LogP contribution in [0, 0.1) is 0 Å². The topological polar surface area (TPSA) is 49.3 Å². The monoisotopic (exact) mass is 380 g/mol. The second-order valence-corrected chi connectivity index (χ2v) is 8.23. The predicted octanol–water partition coefficient (Wildman–Crippen LogP) is 2.49. The molecule has 0 aromatic rings. The van der Waals surface area contributed by atoms with Gasteiger partial charge in [-0.15, -0.1) is 0 Å². The minimum absolute atomic E-state index is 0.186. The van der Waals surface area contributed by atoms with Gasteiger partial charge in [-0.3, -0.25) is 4.99 Å². The van der Waals surface area contributed by atoms with E-state index in [9.17, 15) is 0 Å². The van der Waals surface area contributed by atoms with Crippen LogP contribution in [0.15, 0.2) is 4.99 Å². The summed E-state index contributed by atoms with van der Waals surface area (Å²) < 4.78 is 11.8. The first-order valence-electron chi connectivity index (χ1n) is 11.3. The van der Waals surface area contributed by atoms with Crippen LogP contribution in [0.25, 0.3) is 0 Å². The Morgan fingerprint density at radius 2 is 1.93 bits per heavy atom. The van der Waals surface area contributed by atoms with Crippen LogP contribution in [0.4, 0.5) is 0 Å². The third-order valence-corrected chi connectivity index (χ3v) is 6.16. The summed E-state index contributed by atoms with van der Waals surface area (Å²) >= 11 is 0. The quantitative estimate of drug-likeness (QED) is 0.418. The maximum atomic E-state index is 5.99. The van der Waals surface area contributed by atoms with E-state index >= 15 is 0 Å². The second-order valence-electron chi connectivity index (χ2n) is 8.23. The van der Waals surface area contributed by atoms with Gasteiger partial charge in [-0.1, -0.05) is 6.42 Å². The lowest BCUT2D eigenvalue weighted by Crippen LogP contribution is -2.53. The molecule has 0 amide bonds. The third-order valence-electron chi connectivity index (χ3n) is 6.16. The number of morpholine rings is 1. The first kappa shape index (κ1) is 20.9. The van der Waals surface area contributed by atoms with E-state index in [2.05, 4.69) is 29.0 Å². The van der Waals surface area contributed by atoms with Gasteiger partial charge in [0.2, 0.25) is 0 Å². The van der Waals surface area contributed by atoms with E-state index in [4.69, 9.17) is 14.5 Å². The van der Waals surface area contributed by atoms with E-state index in [1.54, 1.807) is 0 Å². The summed E-state index contributed by atoms with van der Waals surface area (Å²) in [4.78, 5) is 9.94. The molecule has 0 bridgehead atoms. The number of piperidine rings is 1. The highest BCUT2D eigenvalue weighted by Crippen LogP contribution is 2.21. The zero-order valence-electron chi connectivity index (χ0n) is 17.5. The number of ether oxygens (including phenoxy) is 2. The van der Waals surface area contributed by atoms with E-state index < -0.39 is 0 Å². The van der Waals surface area contributed by atoms with Gasteiger partial charge in [0.15, 0.2) is 5.96 Å². The molecule has 6 nitrogen and oxygen atoms in total. The molecule has 3 rings (SSSR count). The lowest BCUT2D eigenvalue weighted by Gasteiger charge is -2.37. The predicted molar refractivity (Wildman–Crippen MR) is 110 cm³/mol. The van der Waals surface area contributed by atoms with Gasteiger partial charge >= 0.3 is 0 Å². The first-order chi connectivity index (χ1) is 13.3. The molecule has 27 heavy (non-hydrogen) atoms. The fourth-order valence-corrected chi connectivity index (χ4v) is 4.52. The van der Waals surface area contributed by atoms with Crippen molar-refractivity contribution in [3.8, 4) is 0 Å². The molecule has 3 aliphatic rings. The van der Waals surface area contributed by atoms with Gasteiger partial charge in [-0.25, -0.2) is 0 Å². The van der Waals surface area contributed by atoms with Crippen LogP contribution in [0.1, 0.15) is 58.8 Å². The van der Waals surface area contributed by atoms with Gasteiger partial charge in [0.05, 0.1) is 12.7 Å². The van der Waals surface area contributed by atoms with Crippen LogP contribution < -0.4 is 5.32 Å². The summed E-state index contributed by atoms with van der Waals surface area (Å²) in [5.74, 6) is 1.05. The van der Waals surface area contributed by atoms with E-state index in [0.29, 0.717) is 0 Å². The Labute approximate surface area is 165 Å². The largest absolute Gasteiger partial charge is 0.375 e. The van der Waals surface area contributed by atoms with E-state index in [0.717, 1.165) is 70.7 Å². The number of nitrogens with zero attached hydrogens (tertiary/aromatic N) is 3. The van der Waals surface area contributed by atoms with Crippen LogP contribution in [0.2, 0.25) is 0 Å². The fourth-order valence-electron chi connectivity index (χ4n) is 4.52. The lowest BCUT2D eigenvalue weighted by molar-refractivity contribution is -0.0817. The number of guanidine groups is 1. The number of hydrogen-bond donors (Lipinski definition) is 1. The highest BCUT2D eigenvalue weighted by molar-refractivity contribution is 5.80. The molecule has 0 radical (unpaired) electrons. The first-order valence-corrected chi connectivity index (χ1v) is 11.3. The van der Waals surface area contributed by atoms with Crippen molar-refractivity contribution in [1.29, 1.82) is 0 Å². The Morgan fingerprint density at radius 1 is 1.04 bits per heavy atom. The minimum Gasteiger partial charge on any atom is -0.375 e. The molecule has 3 fully saturated rings. The maximum Gasteiger partial charge on any atom is 0.194 e. The zero-order chi connectivity index (χ0) is 18.9. The molecule has 3 unspecified atom stereocenters. The summed E-state index contributed by atoms with van der Waals surface area (Å²) in [6, 6.07) is 0.766. The molecule has 3 heterocycles. The van der Waals surface area contributed by atoms with Crippen molar-refractivity contribution < 1.29 is 9.47 Å². The molecule has 0 aromatic carbocycles. The molecule has 1 N–H and O–H groups in total. The Kier molecular flexibility index (Phi) is 8.68. The average molecular weight is 381 g/mol. The molecule has 0 saturated carbocycles. The van der Waals surface area contributed by atoms with Crippen molar-refractivity contribution >= 4 is 5.96 Å². The van der Waals surface area contributed by atoms with Gasteiger partial charge in [-0.2, -0.15) is 0 Å². The Hall–Kier alpha value is -0.850. The number of unbranched alkanes of at least 4 members (excludes halogenated alkanes) is 1. The minimum atomic E-state index is 0.186. The summed E-state index contributed by atoms with van der Waals surface area (Å²) in [7, 11) is 0. The standard InChI is InChI=1S/C21H40N4O2/c1-3-22-21(23-11-5-7-13-24-12-6-4-9-18(24)2)25-14-16-27-20(17-25)19-10-8-15-26-19/h18-20H,3-17H2,1-2H3,(H,22,23). The van der Waals surface area contributed by atoms with Crippen molar-refractivity contribution in [2.45, 2.75) is 77.0 Å². The SMILES string of the molecule is CCNC(=NCCCCN1CCCCC1C)N1CCOC(C2CCCO2)C1. The molecule has 0 spiro atoms. The van der Waals surface area contributed by atoms with Crippen LogP contribution in [-0.2, 0) is 9.47 Å². The zero-order valence-corrected chi connectivity index (χ0v) is 17.5. The van der Waals surface area contributed by atoms with Crippen LogP contribution in [0.3, 0.4) is 0 Å². The third kappa shape index (κ3) is 6.33. The molecule has 156 valence electrons. The Balaban J connectivity index is 1.42. The summed E-state index contributed by atoms with van der Waals surface area (Å²) in [6.07, 6.45) is 9.29. The molecular formula is C21H40N4O2. The number of likely N-dealkylation sites (tertiary alicyclic amines) is 1.